The first-order valence-electron chi connectivity index (χ1n) is 8.28. The molecule has 8 heteroatoms. The van der Waals surface area contributed by atoms with Crippen molar-refractivity contribution in [1.82, 2.24) is 20.2 Å². The maximum absolute atomic E-state index is 6.10. The molecule has 0 aliphatic rings. The van der Waals surface area contributed by atoms with Crippen molar-refractivity contribution in [2.75, 3.05) is 13.6 Å². The third-order valence-electron chi connectivity index (χ3n) is 4.28. The van der Waals surface area contributed by atoms with Crippen molar-refractivity contribution >= 4 is 53.1 Å². The molecule has 0 fully saturated rings. The molecule has 5 nitrogen and oxygen atoms in total. The van der Waals surface area contributed by atoms with Crippen molar-refractivity contribution in [3.05, 3.63) is 52.0 Å². The highest BCUT2D eigenvalue weighted by Crippen LogP contribution is 2.25. The maximum atomic E-state index is 6.10. The quantitative estimate of drug-likeness (QED) is 0.343. The summed E-state index contributed by atoms with van der Waals surface area (Å²) in [5.74, 6) is 1.58. The van der Waals surface area contributed by atoms with Crippen LogP contribution in [0.25, 0.3) is 0 Å². The lowest BCUT2D eigenvalue weighted by Crippen LogP contribution is -2.40. The zero-order valence-corrected chi connectivity index (χ0v) is 19.3. The molecule has 2 heterocycles. The Bertz CT molecular complexity index is 716. The lowest BCUT2D eigenvalue weighted by Gasteiger charge is -2.23. The Hall–Kier alpha value is -0.990. The topological polar surface area (TPSA) is 54.2 Å². The smallest absolute Gasteiger partial charge is 0.191 e. The van der Waals surface area contributed by atoms with Crippen LogP contribution in [0.15, 0.2) is 35.6 Å². The summed E-state index contributed by atoms with van der Waals surface area (Å²) < 4.78 is 1.86. The molecule has 0 saturated heterocycles. The van der Waals surface area contributed by atoms with Crippen LogP contribution in [0.3, 0.4) is 0 Å². The molecular weight excluding hydrogens is 484 g/mol. The van der Waals surface area contributed by atoms with Crippen LogP contribution in [0, 0.1) is 5.92 Å². The highest BCUT2D eigenvalue weighted by atomic mass is 127. The molecular formula is C18H26Cl2IN5. The molecule has 0 saturated carbocycles. The predicted octanol–water partition coefficient (Wildman–Crippen LogP) is 4.45. The molecule has 1 atom stereocenters. The highest BCUT2D eigenvalue weighted by Gasteiger charge is 2.16. The summed E-state index contributed by atoms with van der Waals surface area (Å²) in [5.41, 5.74) is 2.21. The average Bonchev–Trinajstić information content (AvgIpc) is 2.85. The van der Waals surface area contributed by atoms with E-state index in [1.54, 1.807) is 13.2 Å². The monoisotopic (exact) mass is 509 g/mol. The molecule has 0 aliphatic heterocycles. The van der Waals surface area contributed by atoms with Crippen LogP contribution in [-0.4, -0.2) is 29.1 Å². The minimum Gasteiger partial charge on any atom is -0.356 e. The first-order valence-corrected chi connectivity index (χ1v) is 9.03. The van der Waals surface area contributed by atoms with Gasteiger partial charge in [0.1, 0.15) is 5.15 Å². The summed E-state index contributed by atoms with van der Waals surface area (Å²) in [6.45, 7) is 5.78. The summed E-state index contributed by atoms with van der Waals surface area (Å²) >= 11 is 12.2. The molecule has 2 N–H and O–H groups in total. The van der Waals surface area contributed by atoms with E-state index >= 15 is 0 Å². The fraction of sp³-hybridized carbons (Fsp3) is 0.444. The third-order valence-corrected chi connectivity index (χ3v) is 5.12. The fourth-order valence-electron chi connectivity index (χ4n) is 2.69. The van der Waals surface area contributed by atoms with Crippen molar-refractivity contribution in [3.63, 3.8) is 0 Å². The van der Waals surface area contributed by atoms with Crippen LogP contribution in [0.1, 0.15) is 31.0 Å². The van der Waals surface area contributed by atoms with Gasteiger partial charge in [0.05, 0.1) is 11.6 Å². The molecule has 2 rings (SSSR count). The van der Waals surface area contributed by atoms with Gasteiger partial charge in [0.15, 0.2) is 5.96 Å². The molecule has 0 aromatic carbocycles. The van der Waals surface area contributed by atoms with E-state index in [0.717, 1.165) is 18.2 Å². The van der Waals surface area contributed by atoms with Crippen LogP contribution in [0.4, 0.5) is 0 Å². The van der Waals surface area contributed by atoms with Crippen LogP contribution in [-0.2, 0) is 13.6 Å². The van der Waals surface area contributed by atoms with E-state index in [1.807, 2.05) is 29.9 Å². The second-order valence-electron chi connectivity index (χ2n) is 6.28. The maximum Gasteiger partial charge on any atom is 0.191 e. The molecule has 0 aliphatic carbocycles. The summed E-state index contributed by atoms with van der Waals surface area (Å²) in [6.07, 6.45) is 3.72. The Kier molecular flexibility index (Phi) is 9.74. The average molecular weight is 510 g/mol. The predicted molar refractivity (Wildman–Crippen MR) is 121 cm³/mol. The van der Waals surface area contributed by atoms with Gasteiger partial charge in [-0.05, 0) is 23.6 Å². The highest BCUT2D eigenvalue weighted by molar-refractivity contribution is 14.0. The van der Waals surface area contributed by atoms with E-state index in [0.29, 0.717) is 28.6 Å². The van der Waals surface area contributed by atoms with Gasteiger partial charge in [0, 0.05) is 44.6 Å². The zero-order chi connectivity index (χ0) is 18.4. The Balaban J connectivity index is 0.00000338. The van der Waals surface area contributed by atoms with Gasteiger partial charge < -0.3 is 15.2 Å². The Morgan fingerprint density at radius 2 is 2.04 bits per heavy atom. The molecule has 0 bridgehead atoms. The van der Waals surface area contributed by atoms with Crippen LogP contribution >= 0.6 is 47.2 Å². The summed E-state index contributed by atoms with van der Waals surface area (Å²) in [7, 11) is 3.65. The molecule has 1 unspecified atom stereocenters. The number of aliphatic imine (C=N–C) groups is 1. The van der Waals surface area contributed by atoms with Gasteiger partial charge in [-0.2, -0.15) is 0 Å². The van der Waals surface area contributed by atoms with Gasteiger partial charge in [-0.3, -0.25) is 9.98 Å². The summed E-state index contributed by atoms with van der Waals surface area (Å²) in [6, 6.07) is 5.95. The van der Waals surface area contributed by atoms with Gasteiger partial charge >= 0.3 is 0 Å². The Morgan fingerprint density at radius 1 is 1.31 bits per heavy atom. The van der Waals surface area contributed by atoms with Crippen molar-refractivity contribution in [3.8, 4) is 0 Å². The third kappa shape index (κ3) is 6.03. The molecule has 2 aromatic heterocycles. The standard InChI is InChI=1S/C18H25Cl2N5.HI/c1-12(2)15(13-6-5-7-22-9-13)11-24-18(21-3)23-10-14-8-16(19)17(20)25(14)4;/h5-9,12,15H,10-11H2,1-4H3,(H2,21,23,24);1H. The van der Waals surface area contributed by atoms with Crippen LogP contribution < -0.4 is 10.6 Å². The number of halogens is 3. The second-order valence-corrected chi connectivity index (χ2v) is 7.04. The van der Waals surface area contributed by atoms with E-state index < -0.39 is 0 Å². The van der Waals surface area contributed by atoms with Gasteiger partial charge in [-0.15, -0.1) is 24.0 Å². The normalized spacial score (nSPS) is 12.7. The number of nitrogens with zero attached hydrogens (tertiary/aromatic N) is 3. The zero-order valence-electron chi connectivity index (χ0n) is 15.5. The van der Waals surface area contributed by atoms with E-state index in [-0.39, 0.29) is 24.0 Å². The van der Waals surface area contributed by atoms with Crippen LogP contribution in [0.5, 0.6) is 0 Å². The van der Waals surface area contributed by atoms with Crippen molar-refractivity contribution in [1.29, 1.82) is 0 Å². The fourth-order valence-corrected chi connectivity index (χ4v) is 3.11. The number of nitrogens with one attached hydrogen (secondary N) is 2. The molecule has 26 heavy (non-hydrogen) atoms. The van der Waals surface area contributed by atoms with E-state index in [9.17, 15) is 0 Å². The first-order chi connectivity index (χ1) is 11.9. The van der Waals surface area contributed by atoms with E-state index in [2.05, 4.69) is 40.5 Å². The lowest BCUT2D eigenvalue weighted by molar-refractivity contribution is 0.486. The summed E-state index contributed by atoms with van der Waals surface area (Å²) in [4.78, 5) is 8.52. The molecule has 0 radical (unpaired) electrons. The molecule has 144 valence electrons. The van der Waals surface area contributed by atoms with Gasteiger partial charge in [-0.25, -0.2) is 0 Å². The van der Waals surface area contributed by atoms with E-state index in [4.69, 9.17) is 23.2 Å². The van der Waals surface area contributed by atoms with Crippen molar-refractivity contribution < 1.29 is 0 Å². The Labute approximate surface area is 182 Å². The number of hydrogen-bond donors (Lipinski definition) is 2. The minimum atomic E-state index is 0. The number of pyridine rings is 1. The van der Waals surface area contributed by atoms with Gasteiger partial charge in [0.25, 0.3) is 0 Å². The van der Waals surface area contributed by atoms with E-state index in [1.165, 1.54) is 5.56 Å². The van der Waals surface area contributed by atoms with Gasteiger partial charge in [-0.1, -0.05) is 43.1 Å². The number of hydrogen-bond acceptors (Lipinski definition) is 2. The number of rotatable bonds is 6. The Morgan fingerprint density at radius 3 is 2.54 bits per heavy atom. The summed E-state index contributed by atoms with van der Waals surface area (Å²) in [5, 5.41) is 7.79. The largest absolute Gasteiger partial charge is 0.356 e. The molecule has 0 amide bonds. The first kappa shape index (κ1) is 23.0. The van der Waals surface area contributed by atoms with Crippen molar-refractivity contribution in [2.24, 2.45) is 18.0 Å². The lowest BCUT2D eigenvalue weighted by atomic mass is 9.89. The minimum absolute atomic E-state index is 0. The SMILES string of the molecule is CN=C(NCc1cc(Cl)c(Cl)n1C)NCC(c1cccnc1)C(C)C.I. The van der Waals surface area contributed by atoms with Crippen molar-refractivity contribution in [2.45, 2.75) is 26.3 Å². The van der Waals surface area contributed by atoms with Crippen LogP contribution in [0.2, 0.25) is 10.2 Å². The number of guanidine groups is 1. The molecule has 2 aromatic rings. The number of aromatic nitrogens is 2. The molecule has 0 spiro atoms. The second kappa shape index (κ2) is 11.0. The van der Waals surface area contributed by atoms with Gasteiger partial charge in [0.2, 0.25) is 0 Å².